The Morgan fingerprint density at radius 2 is 1.79 bits per heavy atom. The van der Waals surface area contributed by atoms with Gasteiger partial charge in [-0.25, -0.2) is 0 Å². The first-order chi connectivity index (χ1) is 16.1. The van der Waals surface area contributed by atoms with E-state index in [1.165, 1.54) is 0 Å². The minimum atomic E-state index is -0.217. The number of benzene rings is 2. The number of halogens is 2. The van der Waals surface area contributed by atoms with E-state index in [9.17, 15) is 0 Å². The maximum Gasteiger partial charge on any atom is 0.174 e. The Bertz CT molecular complexity index is 1310. The Hall–Kier alpha value is -3.06. The van der Waals surface area contributed by atoms with Gasteiger partial charge in [0.25, 0.3) is 0 Å². The quantitative estimate of drug-likeness (QED) is 0.326. The number of para-hydroxylation sites is 2. The van der Waals surface area contributed by atoms with Gasteiger partial charge in [-0.3, -0.25) is 4.98 Å². The van der Waals surface area contributed by atoms with Gasteiger partial charge >= 0.3 is 0 Å². The highest BCUT2D eigenvalue weighted by Gasteiger charge is 2.43. The zero-order chi connectivity index (χ0) is 22.9. The summed E-state index contributed by atoms with van der Waals surface area (Å²) in [5.74, 6) is 0.732. The molecule has 0 bridgehead atoms. The van der Waals surface area contributed by atoms with Crippen LogP contribution in [0.2, 0.25) is 10.0 Å². The molecule has 0 aliphatic carbocycles. The number of nitrogens with one attached hydrogen (secondary N) is 1. The van der Waals surface area contributed by atoms with Gasteiger partial charge in [-0.2, -0.15) is 0 Å². The molecule has 1 fully saturated rings. The average Bonchev–Trinajstić information content (AvgIpc) is 3.43. The third-order valence-corrected chi connectivity index (χ3v) is 6.55. The second-order valence-electron chi connectivity index (χ2n) is 7.57. The van der Waals surface area contributed by atoms with Gasteiger partial charge in [-0.15, -0.1) is 0 Å². The minimum Gasteiger partial charge on any atom is -0.495 e. The van der Waals surface area contributed by atoms with E-state index in [0.717, 1.165) is 28.5 Å². The van der Waals surface area contributed by atoms with Gasteiger partial charge < -0.3 is 19.5 Å². The summed E-state index contributed by atoms with van der Waals surface area (Å²) in [4.78, 5) is 6.71. The first-order valence-electron chi connectivity index (χ1n) is 10.3. The van der Waals surface area contributed by atoms with E-state index >= 15 is 0 Å². The molecule has 5 rings (SSSR count). The lowest BCUT2D eigenvalue weighted by molar-refractivity contribution is 0.414. The molecule has 0 unspecified atom stereocenters. The SMILES string of the molecule is COc1ccccc1N1C(=S)N[C@@H](c2ccccn2)[C@H]1c1cccn1-c1ccc(Cl)cc1Cl. The van der Waals surface area contributed by atoms with Crippen molar-refractivity contribution < 1.29 is 4.74 Å². The first-order valence-corrected chi connectivity index (χ1v) is 11.5. The van der Waals surface area contributed by atoms with Crippen LogP contribution < -0.4 is 15.0 Å². The molecule has 1 aliphatic rings. The van der Waals surface area contributed by atoms with Crippen LogP contribution >= 0.6 is 35.4 Å². The van der Waals surface area contributed by atoms with Crippen LogP contribution in [0, 0.1) is 0 Å². The predicted molar refractivity (Wildman–Crippen MR) is 137 cm³/mol. The zero-order valence-corrected chi connectivity index (χ0v) is 20.0. The van der Waals surface area contributed by atoms with Crippen LogP contribution in [0.15, 0.2) is 85.2 Å². The van der Waals surface area contributed by atoms with E-state index < -0.39 is 0 Å². The molecule has 4 aromatic rings. The second kappa shape index (κ2) is 9.06. The van der Waals surface area contributed by atoms with E-state index in [1.54, 1.807) is 19.4 Å². The largest absolute Gasteiger partial charge is 0.495 e. The number of thiocarbonyl (C=S) groups is 1. The maximum atomic E-state index is 6.59. The van der Waals surface area contributed by atoms with Crippen LogP contribution in [0.1, 0.15) is 23.5 Å². The van der Waals surface area contributed by atoms with Crippen LogP contribution in [0.5, 0.6) is 5.75 Å². The molecule has 166 valence electrons. The molecular formula is C25H20Cl2N4OS. The summed E-state index contributed by atoms with van der Waals surface area (Å²) in [5, 5.41) is 5.22. The lowest BCUT2D eigenvalue weighted by Crippen LogP contribution is -2.30. The van der Waals surface area contributed by atoms with Crippen molar-refractivity contribution in [3.8, 4) is 11.4 Å². The van der Waals surface area contributed by atoms with Crippen LogP contribution in [-0.2, 0) is 0 Å². The van der Waals surface area contributed by atoms with Gasteiger partial charge in [0.1, 0.15) is 11.8 Å². The number of nitrogens with zero attached hydrogens (tertiary/aromatic N) is 3. The lowest BCUT2D eigenvalue weighted by Gasteiger charge is -2.30. The Kier molecular flexibility index (Phi) is 5.98. The predicted octanol–water partition coefficient (Wildman–Crippen LogP) is 6.36. The van der Waals surface area contributed by atoms with E-state index in [-0.39, 0.29) is 12.1 Å². The number of hydrogen-bond acceptors (Lipinski definition) is 3. The van der Waals surface area contributed by atoms with Gasteiger partial charge in [-0.1, -0.05) is 41.4 Å². The molecular weight excluding hydrogens is 475 g/mol. The average molecular weight is 495 g/mol. The van der Waals surface area contributed by atoms with E-state index in [2.05, 4.69) is 25.8 Å². The summed E-state index contributed by atoms with van der Waals surface area (Å²) < 4.78 is 7.74. The molecule has 0 amide bonds. The van der Waals surface area contributed by atoms with Crippen molar-refractivity contribution in [1.82, 2.24) is 14.9 Å². The van der Waals surface area contributed by atoms with Gasteiger partial charge in [0.2, 0.25) is 0 Å². The van der Waals surface area contributed by atoms with Gasteiger partial charge in [0, 0.05) is 23.1 Å². The van der Waals surface area contributed by atoms with Crippen molar-refractivity contribution in [3.63, 3.8) is 0 Å². The summed E-state index contributed by atoms with van der Waals surface area (Å²) in [6.45, 7) is 0. The Morgan fingerprint density at radius 3 is 2.55 bits per heavy atom. The molecule has 3 heterocycles. The fourth-order valence-corrected chi connectivity index (χ4v) is 5.11. The van der Waals surface area contributed by atoms with Crippen LogP contribution in [-0.4, -0.2) is 21.8 Å². The molecule has 1 saturated heterocycles. The van der Waals surface area contributed by atoms with Crippen molar-refractivity contribution in [2.45, 2.75) is 12.1 Å². The molecule has 0 saturated carbocycles. The molecule has 5 nitrogen and oxygen atoms in total. The van der Waals surface area contributed by atoms with Crippen molar-refractivity contribution >= 4 is 46.2 Å². The molecule has 33 heavy (non-hydrogen) atoms. The number of rotatable bonds is 5. The fourth-order valence-electron chi connectivity index (χ4n) is 4.27. The summed E-state index contributed by atoms with van der Waals surface area (Å²) >= 11 is 18.6. The molecule has 0 spiro atoms. The summed E-state index contributed by atoms with van der Waals surface area (Å²) in [6.07, 6.45) is 3.78. The highest BCUT2D eigenvalue weighted by atomic mass is 35.5. The molecule has 2 atom stereocenters. The maximum absolute atomic E-state index is 6.59. The standard InChI is InChI=1S/C25H20Cl2N4OS/c1-32-22-10-3-2-8-20(22)31-24(23(29-25(31)33)18-7-4-5-13-28-18)21-9-6-14-30(21)19-12-11-16(26)15-17(19)27/h2-15,23-24H,1H3,(H,29,33)/t23-,24+/m0/s1. The Labute approximate surface area is 207 Å². The summed E-state index contributed by atoms with van der Waals surface area (Å²) in [7, 11) is 1.66. The van der Waals surface area contributed by atoms with E-state index in [4.69, 9.17) is 40.2 Å². The van der Waals surface area contributed by atoms with Crippen molar-refractivity contribution in [2.24, 2.45) is 0 Å². The van der Waals surface area contributed by atoms with Gasteiger partial charge in [0.05, 0.1) is 35.2 Å². The second-order valence-corrected chi connectivity index (χ2v) is 8.80. The van der Waals surface area contributed by atoms with Gasteiger partial charge in [0.15, 0.2) is 5.11 Å². The van der Waals surface area contributed by atoms with Crippen molar-refractivity contribution in [1.29, 1.82) is 0 Å². The number of anilines is 1. The van der Waals surface area contributed by atoms with Crippen molar-refractivity contribution in [3.05, 3.63) is 107 Å². The number of hydrogen-bond donors (Lipinski definition) is 1. The lowest BCUT2D eigenvalue weighted by atomic mass is 10.0. The molecule has 1 aliphatic heterocycles. The minimum absolute atomic E-state index is 0.191. The first kappa shape index (κ1) is 21.8. The summed E-state index contributed by atoms with van der Waals surface area (Å²) in [5.41, 5.74) is 3.58. The molecule has 8 heteroatoms. The fraction of sp³-hybridized carbons (Fsp3) is 0.120. The number of methoxy groups -OCH3 is 1. The number of aromatic nitrogens is 2. The normalized spacial score (nSPS) is 17.8. The topological polar surface area (TPSA) is 42.3 Å². The summed E-state index contributed by atoms with van der Waals surface area (Å²) in [6, 6.07) is 22.9. The third kappa shape index (κ3) is 3.95. The molecule has 2 aromatic carbocycles. The smallest absolute Gasteiger partial charge is 0.174 e. The van der Waals surface area contributed by atoms with Crippen molar-refractivity contribution in [2.75, 3.05) is 12.0 Å². The number of ether oxygens (including phenoxy) is 1. The Balaban J connectivity index is 1.70. The molecule has 0 radical (unpaired) electrons. The highest BCUT2D eigenvalue weighted by molar-refractivity contribution is 7.80. The Morgan fingerprint density at radius 1 is 0.970 bits per heavy atom. The van der Waals surface area contributed by atoms with E-state index in [0.29, 0.717) is 15.2 Å². The van der Waals surface area contributed by atoms with Crippen LogP contribution in [0.25, 0.3) is 5.69 Å². The third-order valence-electron chi connectivity index (χ3n) is 5.70. The molecule has 1 N–H and O–H groups in total. The number of pyridine rings is 1. The van der Waals surface area contributed by atoms with Gasteiger partial charge in [-0.05, 0) is 66.8 Å². The monoisotopic (exact) mass is 494 g/mol. The molecule has 2 aromatic heterocycles. The van der Waals surface area contributed by atoms with Crippen LogP contribution in [0.3, 0.4) is 0 Å². The van der Waals surface area contributed by atoms with Crippen LogP contribution in [0.4, 0.5) is 5.69 Å². The zero-order valence-electron chi connectivity index (χ0n) is 17.7. The van der Waals surface area contributed by atoms with E-state index in [1.807, 2.05) is 66.9 Å². The highest BCUT2D eigenvalue weighted by Crippen LogP contribution is 2.45.